The molecule has 0 bridgehead atoms. The van der Waals surface area contributed by atoms with Gasteiger partial charge in [-0.15, -0.1) is 0 Å². The molecule has 0 aliphatic heterocycles. The maximum atomic E-state index is 12.9. The van der Waals surface area contributed by atoms with Crippen molar-refractivity contribution >= 4 is 10.0 Å². The second-order valence-corrected chi connectivity index (χ2v) is 7.17. The number of hydrogen-bond acceptors (Lipinski definition) is 4. The summed E-state index contributed by atoms with van der Waals surface area (Å²) in [6.07, 6.45) is 1.96. The van der Waals surface area contributed by atoms with Gasteiger partial charge in [-0.1, -0.05) is 33.6 Å². The number of aromatic nitrogens is 2. The lowest BCUT2D eigenvalue weighted by Crippen LogP contribution is -2.36. The molecule has 0 aromatic carbocycles. The summed E-state index contributed by atoms with van der Waals surface area (Å²) in [6, 6.07) is 0. The standard InChI is InChI=1S/C14H28N4O2S/c1-6-12(7-2)10-18(8-3)21(19,20)14-11(4)16-17-13(14)9-15-5/h12,15H,6-10H2,1-5H3,(H,16,17). The first kappa shape index (κ1) is 18.1. The van der Waals surface area contributed by atoms with Gasteiger partial charge in [-0.2, -0.15) is 9.40 Å². The highest BCUT2D eigenvalue weighted by atomic mass is 32.2. The van der Waals surface area contributed by atoms with E-state index in [4.69, 9.17) is 0 Å². The van der Waals surface area contributed by atoms with E-state index >= 15 is 0 Å². The van der Waals surface area contributed by atoms with E-state index < -0.39 is 10.0 Å². The first-order valence-electron chi connectivity index (χ1n) is 7.60. The number of sulfonamides is 1. The molecule has 0 saturated heterocycles. The molecule has 0 saturated carbocycles. The van der Waals surface area contributed by atoms with Gasteiger partial charge in [-0.3, -0.25) is 5.10 Å². The number of rotatable bonds is 9. The molecule has 0 radical (unpaired) electrons. The van der Waals surface area contributed by atoms with Gasteiger partial charge < -0.3 is 5.32 Å². The smallest absolute Gasteiger partial charge is 0.246 e. The Balaban J connectivity index is 3.15. The Kier molecular flexibility index (Phi) is 6.83. The largest absolute Gasteiger partial charge is 0.314 e. The normalized spacial score (nSPS) is 12.5. The zero-order valence-corrected chi connectivity index (χ0v) is 14.5. The van der Waals surface area contributed by atoms with Crippen LogP contribution in [0.4, 0.5) is 0 Å². The Morgan fingerprint density at radius 3 is 2.38 bits per heavy atom. The quantitative estimate of drug-likeness (QED) is 0.729. The van der Waals surface area contributed by atoms with Gasteiger partial charge in [-0.25, -0.2) is 8.42 Å². The van der Waals surface area contributed by atoms with Crippen LogP contribution in [0.2, 0.25) is 0 Å². The SMILES string of the molecule is CCC(CC)CN(CC)S(=O)(=O)c1c(CNC)n[nH]c1C. The predicted octanol–water partition coefficient (Wildman–Crippen LogP) is 1.88. The number of aromatic amines is 1. The van der Waals surface area contributed by atoms with Crippen molar-refractivity contribution in [3.8, 4) is 0 Å². The zero-order valence-electron chi connectivity index (χ0n) is 13.7. The van der Waals surface area contributed by atoms with E-state index in [1.165, 1.54) is 0 Å². The van der Waals surface area contributed by atoms with Crippen LogP contribution < -0.4 is 5.32 Å². The molecule has 0 unspecified atom stereocenters. The number of H-pyrrole nitrogens is 1. The van der Waals surface area contributed by atoms with Crippen LogP contribution in [0.3, 0.4) is 0 Å². The Morgan fingerprint density at radius 1 is 1.29 bits per heavy atom. The zero-order chi connectivity index (χ0) is 16.0. The lowest BCUT2D eigenvalue weighted by molar-refractivity contribution is 0.339. The highest BCUT2D eigenvalue weighted by Gasteiger charge is 2.30. The molecule has 0 spiro atoms. The van der Waals surface area contributed by atoms with Crippen LogP contribution in [-0.2, 0) is 16.6 Å². The molecule has 2 N–H and O–H groups in total. The van der Waals surface area contributed by atoms with Crippen molar-refractivity contribution in [1.29, 1.82) is 0 Å². The first-order chi connectivity index (χ1) is 9.92. The molecule has 21 heavy (non-hydrogen) atoms. The van der Waals surface area contributed by atoms with E-state index in [0.717, 1.165) is 12.8 Å². The van der Waals surface area contributed by atoms with Gasteiger partial charge >= 0.3 is 0 Å². The molecule has 0 fully saturated rings. The van der Waals surface area contributed by atoms with Crippen molar-refractivity contribution in [3.05, 3.63) is 11.4 Å². The summed E-state index contributed by atoms with van der Waals surface area (Å²) >= 11 is 0. The molecule has 1 aromatic rings. The Morgan fingerprint density at radius 2 is 1.90 bits per heavy atom. The molecular weight excluding hydrogens is 288 g/mol. The van der Waals surface area contributed by atoms with E-state index in [1.807, 2.05) is 6.92 Å². The third-order valence-electron chi connectivity index (χ3n) is 3.87. The molecule has 6 nitrogen and oxygen atoms in total. The third-order valence-corrected chi connectivity index (χ3v) is 6.02. The van der Waals surface area contributed by atoms with Crippen molar-refractivity contribution in [2.45, 2.75) is 52.0 Å². The van der Waals surface area contributed by atoms with Gasteiger partial charge in [0.05, 0.1) is 11.4 Å². The molecule has 0 aliphatic rings. The second-order valence-electron chi connectivity index (χ2n) is 5.29. The minimum absolute atomic E-state index is 0.324. The van der Waals surface area contributed by atoms with Crippen LogP contribution in [0.25, 0.3) is 0 Å². The number of aryl methyl sites for hydroxylation is 1. The van der Waals surface area contributed by atoms with Crippen LogP contribution in [0.15, 0.2) is 4.90 Å². The Bertz CT molecular complexity index is 535. The van der Waals surface area contributed by atoms with Crippen molar-refractivity contribution < 1.29 is 8.42 Å². The summed E-state index contributed by atoms with van der Waals surface area (Å²) in [7, 11) is -1.73. The summed E-state index contributed by atoms with van der Waals surface area (Å²) in [5, 5.41) is 9.87. The lowest BCUT2D eigenvalue weighted by atomic mass is 10.0. The van der Waals surface area contributed by atoms with Gasteiger partial charge in [0.25, 0.3) is 0 Å². The van der Waals surface area contributed by atoms with Crippen LogP contribution in [-0.4, -0.2) is 43.1 Å². The monoisotopic (exact) mass is 316 g/mol. The van der Waals surface area contributed by atoms with E-state index in [2.05, 4.69) is 29.4 Å². The van der Waals surface area contributed by atoms with Gasteiger partial charge in [0, 0.05) is 19.6 Å². The molecular formula is C14H28N4O2S. The van der Waals surface area contributed by atoms with Crippen molar-refractivity contribution in [2.24, 2.45) is 5.92 Å². The third kappa shape index (κ3) is 4.05. The average molecular weight is 316 g/mol. The Hall–Kier alpha value is -0.920. The summed E-state index contributed by atoms with van der Waals surface area (Å²) in [5.41, 5.74) is 1.15. The summed E-state index contributed by atoms with van der Waals surface area (Å²) in [5.74, 6) is 0.389. The van der Waals surface area contributed by atoms with Crippen molar-refractivity contribution in [1.82, 2.24) is 19.8 Å². The van der Waals surface area contributed by atoms with Crippen LogP contribution >= 0.6 is 0 Å². The van der Waals surface area contributed by atoms with Gasteiger partial charge in [0.2, 0.25) is 10.0 Å². The topological polar surface area (TPSA) is 78.1 Å². The summed E-state index contributed by atoms with van der Waals surface area (Å²) in [4.78, 5) is 0.324. The molecule has 1 heterocycles. The number of hydrogen-bond donors (Lipinski definition) is 2. The van der Waals surface area contributed by atoms with Crippen LogP contribution in [0, 0.1) is 12.8 Å². The first-order valence-corrected chi connectivity index (χ1v) is 9.04. The fraction of sp³-hybridized carbons (Fsp3) is 0.786. The fourth-order valence-corrected chi connectivity index (χ4v) is 4.31. The number of nitrogens with one attached hydrogen (secondary N) is 2. The molecule has 0 atom stereocenters. The van der Waals surface area contributed by atoms with Crippen molar-refractivity contribution in [2.75, 3.05) is 20.1 Å². The molecule has 122 valence electrons. The molecule has 7 heteroatoms. The maximum absolute atomic E-state index is 12.9. The summed E-state index contributed by atoms with van der Waals surface area (Å²) in [6.45, 7) is 9.31. The fourth-order valence-electron chi connectivity index (χ4n) is 2.46. The minimum atomic E-state index is -3.51. The predicted molar refractivity (Wildman–Crippen MR) is 84.6 cm³/mol. The van der Waals surface area contributed by atoms with E-state index in [1.54, 1.807) is 18.3 Å². The Labute approximate surface area is 128 Å². The number of nitrogens with zero attached hydrogens (tertiary/aromatic N) is 2. The lowest BCUT2D eigenvalue weighted by Gasteiger charge is -2.25. The van der Waals surface area contributed by atoms with Crippen LogP contribution in [0.5, 0.6) is 0 Å². The molecule has 1 aromatic heterocycles. The van der Waals surface area contributed by atoms with Gasteiger partial charge in [-0.05, 0) is 19.9 Å². The molecule has 0 aliphatic carbocycles. The van der Waals surface area contributed by atoms with Gasteiger partial charge in [0.15, 0.2) is 0 Å². The maximum Gasteiger partial charge on any atom is 0.246 e. The van der Waals surface area contributed by atoms with E-state index in [-0.39, 0.29) is 0 Å². The second kappa shape index (κ2) is 7.91. The summed E-state index contributed by atoms with van der Waals surface area (Å²) < 4.78 is 27.5. The highest BCUT2D eigenvalue weighted by molar-refractivity contribution is 7.89. The molecule has 1 rings (SSSR count). The van der Waals surface area contributed by atoms with E-state index in [9.17, 15) is 8.42 Å². The highest BCUT2D eigenvalue weighted by Crippen LogP contribution is 2.24. The van der Waals surface area contributed by atoms with Gasteiger partial charge in [0.1, 0.15) is 4.90 Å². The molecule has 0 amide bonds. The van der Waals surface area contributed by atoms with Crippen LogP contribution in [0.1, 0.15) is 45.0 Å². The van der Waals surface area contributed by atoms with Crippen molar-refractivity contribution in [3.63, 3.8) is 0 Å². The van der Waals surface area contributed by atoms with E-state index in [0.29, 0.717) is 41.8 Å². The minimum Gasteiger partial charge on any atom is -0.314 e. The average Bonchev–Trinajstić information content (AvgIpc) is 2.82.